The molecule has 1 heterocycles. The second-order valence-corrected chi connectivity index (χ2v) is 8.27. The van der Waals surface area contributed by atoms with Gasteiger partial charge in [0.25, 0.3) is 0 Å². The van der Waals surface area contributed by atoms with Gasteiger partial charge in [0.1, 0.15) is 11.9 Å². The number of carbonyl (C=O) groups is 1. The third-order valence-electron chi connectivity index (χ3n) is 5.56. The van der Waals surface area contributed by atoms with Crippen molar-refractivity contribution in [1.29, 1.82) is 0 Å². The third kappa shape index (κ3) is 6.83. The van der Waals surface area contributed by atoms with E-state index >= 15 is 0 Å². The third-order valence-corrected chi connectivity index (χ3v) is 5.56. The van der Waals surface area contributed by atoms with Crippen LogP contribution in [-0.2, 0) is 17.4 Å². The molecular weight excluding hydrogens is 443 g/mol. The molecule has 0 saturated carbocycles. The number of unbranched alkanes of at least 4 members (excludes halogenated alkanes) is 1. The fourth-order valence-corrected chi connectivity index (χ4v) is 3.68. The Kier molecular flexibility index (Phi) is 8.31. The Morgan fingerprint density at radius 3 is 2.44 bits per heavy atom. The number of rotatable bonds is 10. The Morgan fingerprint density at radius 1 is 1.09 bits per heavy atom. The van der Waals surface area contributed by atoms with Crippen molar-refractivity contribution in [2.45, 2.75) is 58.2 Å². The van der Waals surface area contributed by atoms with Crippen molar-refractivity contribution in [3.63, 3.8) is 0 Å². The van der Waals surface area contributed by atoms with Crippen LogP contribution >= 0.6 is 0 Å². The van der Waals surface area contributed by atoms with Crippen molar-refractivity contribution in [3.8, 4) is 17.0 Å². The zero-order valence-electron chi connectivity index (χ0n) is 19.2. The molecule has 0 unspecified atom stereocenters. The van der Waals surface area contributed by atoms with Gasteiger partial charge >= 0.3 is 12.1 Å². The van der Waals surface area contributed by atoms with Gasteiger partial charge in [-0.1, -0.05) is 43.7 Å². The predicted octanol–water partition coefficient (Wildman–Crippen LogP) is 7.40. The predicted molar refractivity (Wildman–Crippen MR) is 125 cm³/mol. The number of hydrogen-bond acceptors (Lipinski definition) is 3. The van der Waals surface area contributed by atoms with Crippen molar-refractivity contribution >= 4 is 5.97 Å². The summed E-state index contributed by atoms with van der Waals surface area (Å²) in [5.41, 5.74) is 3.03. The van der Waals surface area contributed by atoms with Crippen molar-refractivity contribution in [2.24, 2.45) is 0 Å². The zero-order valence-corrected chi connectivity index (χ0v) is 19.2. The van der Waals surface area contributed by atoms with E-state index in [1.54, 1.807) is 6.07 Å². The largest absolute Gasteiger partial charge is 0.484 e. The van der Waals surface area contributed by atoms with Crippen LogP contribution in [0.4, 0.5) is 13.2 Å². The highest BCUT2D eigenvalue weighted by Gasteiger charge is 2.30. The highest BCUT2D eigenvalue weighted by atomic mass is 19.4. The molecule has 4 nitrogen and oxygen atoms in total. The maximum absolute atomic E-state index is 12.9. The highest BCUT2D eigenvalue weighted by molar-refractivity contribution is 5.67. The van der Waals surface area contributed by atoms with E-state index in [2.05, 4.69) is 6.92 Å². The number of carboxylic acids is 1. The standard InChI is InChI=1S/C27H28F3NO3/c1-3-4-8-25(34-24-15-9-19(17-18(24)2)10-16-26(32)33)23-7-5-6-22(31-23)20-11-13-21(14-12-20)27(28,29)30/h5-7,9,11-15,17,25H,3-4,8,10,16H2,1-2H3,(H,32,33)/t25-/m1/s1. The van der Waals surface area contributed by atoms with E-state index < -0.39 is 17.7 Å². The summed E-state index contributed by atoms with van der Waals surface area (Å²) in [5, 5.41) is 8.90. The molecule has 0 aliphatic carbocycles. The van der Waals surface area contributed by atoms with Crippen LogP contribution < -0.4 is 4.74 Å². The molecule has 3 aromatic rings. The van der Waals surface area contributed by atoms with Crippen LogP contribution in [0.25, 0.3) is 11.3 Å². The normalized spacial score (nSPS) is 12.4. The molecule has 1 N–H and O–H groups in total. The number of hydrogen-bond donors (Lipinski definition) is 1. The molecule has 0 spiro atoms. The number of nitrogens with zero attached hydrogens (tertiary/aromatic N) is 1. The molecule has 0 bridgehead atoms. The lowest BCUT2D eigenvalue weighted by Crippen LogP contribution is -2.11. The first-order chi connectivity index (χ1) is 16.2. The smallest absolute Gasteiger partial charge is 0.416 e. The average Bonchev–Trinajstić information content (AvgIpc) is 2.81. The first kappa shape index (κ1) is 25.3. The molecule has 34 heavy (non-hydrogen) atoms. The van der Waals surface area contributed by atoms with E-state index in [0.717, 1.165) is 42.5 Å². The number of ether oxygens (including phenoxy) is 1. The molecule has 0 aliphatic heterocycles. The highest BCUT2D eigenvalue weighted by Crippen LogP contribution is 2.32. The molecule has 3 rings (SSSR count). The van der Waals surface area contributed by atoms with Crippen LogP contribution in [0, 0.1) is 6.92 Å². The van der Waals surface area contributed by atoms with Crippen LogP contribution in [0.15, 0.2) is 60.7 Å². The molecule has 2 aromatic carbocycles. The number of aromatic nitrogens is 1. The van der Waals surface area contributed by atoms with Crippen LogP contribution in [0.3, 0.4) is 0 Å². The summed E-state index contributed by atoms with van der Waals surface area (Å²) in [4.78, 5) is 15.5. The van der Waals surface area contributed by atoms with Gasteiger partial charge in [0.05, 0.1) is 17.0 Å². The SMILES string of the molecule is CCCC[C@@H](Oc1ccc(CCC(=O)O)cc1C)c1cccc(-c2ccc(C(F)(F)F)cc2)n1. The summed E-state index contributed by atoms with van der Waals surface area (Å²) >= 11 is 0. The van der Waals surface area contributed by atoms with Crippen LogP contribution in [0.2, 0.25) is 0 Å². The lowest BCUT2D eigenvalue weighted by atomic mass is 10.0. The second-order valence-electron chi connectivity index (χ2n) is 8.27. The fraction of sp³-hybridized carbons (Fsp3) is 0.333. The minimum absolute atomic E-state index is 0.0689. The molecular formula is C27H28F3NO3. The summed E-state index contributed by atoms with van der Waals surface area (Å²) in [6.07, 6.45) is -1.55. The maximum atomic E-state index is 12.9. The van der Waals surface area contributed by atoms with E-state index in [1.165, 1.54) is 12.1 Å². The summed E-state index contributed by atoms with van der Waals surface area (Å²) < 4.78 is 45.0. The molecule has 0 aliphatic rings. The van der Waals surface area contributed by atoms with Gasteiger partial charge in [-0.05, 0) is 67.6 Å². The average molecular weight is 472 g/mol. The Balaban J connectivity index is 1.84. The first-order valence-electron chi connectivity index (χ1n) is 11.3. The van der Waals surface area contributed by atoms with E-state index in [9.17, 15) is 18.0 Å². The van der Waals surface area contributed by atoms with Crippen LogP contribution in [0.1, 0.15) is 61.1 Å². The van der Waals surface area contributed by atoms with E-state index in [0.29, 0.717) is 29.1 Å². The van der Waals surface area contributed by atoms with Gasteiger partial charge in [-0.25, -0.2) is 4.98 Å². The Labute approximate surface area is 197 Å². The minimum atomic E-state index is -4.38. The number of pyridine rings is 1. The van der Waals surface area contributed by atoms with Gasteiger partial charge in [0, 0.05) is 12.0 Å². The number of benzene rings is 2. The summed E-state index contributed by atoms with van der Waals surface area (Å²) in [6, 6.07) is 16.1. The zero-order chi connectivity index (χ0) is 24.7. The van der Waals surface area contributed by atoms with Gasteiger partial charge in [-0.3, -0.25) is 4.79 Å². The van der Waals surface area contributed by atoms with Crippen LogP contribution in [0.5, 0.6) is 5.75 Å². The summed E-state index contributed by atoms with van der Waals surface area (Å²) in [5.74, 6) is -0.140. The monoisotopic (exact) mass is 471 g/mol. The van der Waals surface area contributed by atoms with Crippen molar-refractivity contribution in [2.75, 3.05) is 0 Å². The minimum Gasteiger partial charge on any atom is -0.484 e. The number of alkyl halides is 3. The molecule has 0 fully saturated rings. The van der Waals surface area contributed by atoms with Crippen molar-refractivity contribution in [1.82, 2.24) is 4.98 Å². The van der Waals surface area contributed by atoms with Gasteiger partial charge in [-0.2, -0.15) is 13.2 Å². The Morgan fingerprint density at radius 2 is 1.82 bits per heavy atom. The van der Waals surface area contributed by atoms with Crippen molar-refractivity contribution < 1.29 is 27.8 Å². The lowest BCUT2D eigenvalue weighted by Gasteiger charge is -2.21. The van der Waals surface area contributed by atoms with Gasteiger partial charge in [0.2, 0.25) is 0 Å². The summed E-state index contributed by atoms with van der Waals surface area (Å²) in [6.45, 7) is 4.01. The first-order valence-corrected chi connectivity index (χ1v) is 11.3. The summed E-state index contributed by atoms with van der Waals surface area (Å²) in [7, 11) is 0. The topological polar surface area (TPSA) is 59.4 Å². The molecule has 0 saturated heterocycles. The van der Waals surface area contributed by atoms with E-state index in [-0.39, 0.29) is 12.5 Å². The molecule has 7 heteroatoms. The second kappa shape index (κ2) is 11.2. The van der Waals surface area contributed by atoms with E-state index in [4.69, 9.17) is 14.8 Å². The quantitative estimate of drug-likeness (QED) is 0.335. The fourth-order valence-electron chi connectivity index (χ4n) is 3.68. The maximum Gasteiger partial charge on any atom is 0.416 e. The molecule has 0 radical (unpaired) electrons. The van der Waals surface area contributed by atoms with Gasteiger partial charge < -0.3 is 9.84 Å². The van der Waals surface area contributed by atoms with Gasteiger partial charge in [-0.15, -0.1) is 0 Å². The van der Waals surface area contributed by atoms with Gasteiger partial charge in [0.15, 0.2) is 0 Å². The number of halogens is 3. The Hall–Kier alpha value is -3.35. The van der Waals surface area contributed by atoms with E-state index in [1.807, 2.05) is 37.3 Å². The number of aryl methyl sites for hydroxylation is 2. The number of aliphatic carboxylic acids is 1. The molecule has 1 aromatic heterocycles. The molecule has 1 atom stereocenters. The molecule has 180 valence electrons. The number of carboxylic acid groups (broad SMARTS) is 1. The Bertz CT molecular complexity index is 1110. The lowest BCUT2D eigenvalue weighted by molar-refractivity contribution is -0.138. The van der Waals surface area contributed by atoms with Crippen molar-refractivity contribution in [3.05, 3.63) is 83.0 Å². The molecule has 0 amide bonds. The van der Waals surface area contributed by atoms with Crippen LogP contribution in [-0.4, -0.2) is 16.1 Å².